The van der Waals surface area contributed by atoms with Gasteiger partial charge in [-0.2, -0.15) is 11.8 Å². The Labute approximate surface area is 115 Å². The number of benzene rings is 1. The average molecular weight is 264 g/mol. The third-order valence-corrected chi connectivity index (χ3v) is 4.76. The Hall–Kier alpha value is -0.670. The second-order valence-corrected chi connectivity index (χ2v) is 6.56. The zero-order chi connectivity index (χ0) is 13.1. The van der Waals surface area contributed by atoms with Crippen molar-refractivity contribution in [1.82, 2.24) is 0 Å². The highest BCUT2D eigenvalue weighted by atomic mass is 32.2. The molecule has 18 heavy (non-hydrogen) atoms. The molecule has 1 fully saturated rings. The summed E-state index contributed by atoms with van der Waals surface area (Å²) in [7, 11) is 0. The van der Waals surface area contributed by atoms with Crippen LogP contribution in [0.5, 0.6) is 0 Å². The molecule has 1 saturated heterocycles. The van der Waals surface area contributed by atoms with Gasteiger partial charge in [0, 0.05) is 35.8 Å². The molecule has 0 bridgehead atoms. The molecule has 1 aliphatic rings. The summed E-state index contributed by atoms with van der Waals surface area (Å²) >= 11 is 2.06. The fourth-order valence-corrected chi connectivity index (χ4v) is 3.56. The molecule has 2 atom stereocenters. The maximum absolute atomic E-state index is 5.88. The molecule has 1 aliphatic heterocycles. The third-order valence-electron chi connectivity index (χ3n) is 3.57. The summed E-state index contributed by atoms with van der Waals surface area (Å²) in [5.41, 5.74) is 10.0. The van der Waals surface area contributed by atoms with Crippen LogP contribution >= 0.6 is 11.8 Å². The van der Waals surface area contributed by atoms with E-state index in [-0.39, 0.29) is 6.04 Å². The number of aryl methyl sites for hydroxylation is 1. The van der Waals surface area contributed by atoms with Crippen LogP contribution in [0, 0.1) is 6.92 Å². The van der Waals surface area contributed by atoms with E-state index in [4.69, 9.17) is 5.73 Å². The van der Waals surface area contributed by atoms with Crippen LogP contribution < -0.4 is 10.6 Å². The molecule has 1 aromatic rings. The second-order valence-electron chi connectivity index (χ2n) is 5.41. The fourth-order valence-electron chi connectivity index (χ4n) is 2.55. The van der Waals surface area contributed by atoms with Gasteiger partial charge in [0.05, 0.1) is 0 Å². The van der Waals surface area contributed by atoms with E-state index < -0.39 is 0 Å². The lowest BCUT2D eigenvalue weighted by molar-refractivity contribution is 0.698. The van der Waals surface area contributed by atoms with Gasteiger partial charge in [-0.15, -0.1) is 0 Å². The van der Waals surface area contributed by atoms with Crippen molar-refractivity contribution < 1.29 is 0 Å². The quantitative estimate of drug-likeness (QED) is 0.910. The minimum atomic E-state index is 0.236. The number of nitrogens with two attached hydrogens (primary N) is 1. The van der Waals surface area contributed by atoms with E-state index in [1.54, 1.807) is 0 Å². The molecule has 2 unspecified atom stereocenters. The normalized spacial score (nSPS) is 22.0. The summed E-state index contributed by atoms with van der Waals surface area (Å²) in [4.78, 5) is 2.53. The first-order valence-corrected chi connectivity index (χ1v) is 7.93. The largest absolute Gasteiger partial charge is 0.367 e. The zero-order valence-corrected chi connectivity index (χ0v) is 12.5. The number of nitrogens with zero attached hydrogens (tertiary/aromatic N) is 1. The molecule has 0 spiro atoms. The summed E-state index contributed by atoms with van der Waals surface area (Å²) < 4.78 is 0. The lowest BCUT2D eigenvalue weighted by Gasteiger charge is -2.35. The van der Waals surface area contributed by atoms with Gasteiger partial charge in [0.2, 0.25) is 0 Å². The summed E-state index contributed by atoms with van der Waals surface area (Å²) in [6.45, 7) is 7.75. The SMILES string of the molecule is Cc1cc(N2CCSCC2C)ccc1CC(C)N. The highest BCUT2D eigenvalue weighted by Gasteiger charge is 2.19. The van der Waals surface area contributed by atoms with Gasteiger partial charge in [-0.3, -0.25) is 0 Å². The topological polar surface area (TPSA) is 29.3 Å². The Bertz CT molecular complexity index is 403. The van der Waals surface area contributed by atoms with E-state index in [1.807, 2.05) is 0 Å². The van der Waals surface area contributed by atoms with E-state index in [9.17, 15) is 0 Å². The summed E-state index contributed by atoms with van der Waals surface area (Å²) in [5.74, 6) is 2.48. The van der Waals surface area contributed by atoms with E-state index in [0.29, 0.717) is 6.04 Å². The first kappa shape index (κ1) is 13.8. The zero-order valence-electron chi connectivity index (χ0n) is 11.6. The maximum Gasteiger partial charge on any atom is 0.0372 e. The predicted octanol–water partition coefficient (Wildman–Crippen LogP) is 2.83. The molecule has 0 aromatic heterocycles. The van der Waals surface area contributed by atoms with Crippen LogP contribution in [0.15, 0.2) is 18.2 Å². The lowest BCUT2D eigenvalue weighted by atomic mass is 10.0. The average Bonchev–Trinajstić information content (AvgIpc) is 2.32. The fraction of sp³-hybridized carbons (Fsp3) is 0.600. The summed E-state index contributed by atoms with van der Waals surface area (Å²) in [6.07, 6.45) is 0.970. The lowest BCUT2D eigenvalue weighted by Crippen LogP contribution is -2.40. The van der Waals surface area contributed by atoms with Gasteiger partial charge >= 0.3 is 0 Å². The molecule has 1 aromatic carbocycles. The number of thioether (sulfide) groups is 1. The van der Waals surface area contributed by atoms with E-state index in [2.05, 4.69) is 55.6 Å². The van der Waals surface area contributed by atoms with Gasteiger partial charge in [0.1, 0.15) is 0 Å². The Morgan fingerprint density at radius 1 is 1.50 bits per heavy atom. The van der Waals surface area contributed by atoms with E-state index in [1.165, 1.54) is 28.3 Å². The Morgan fingerprint density at radius 3 is 2.89 bits per heavy atom. The predicted molar refractivity (Wildman–Crippen MR) is 82.7 cm³/mol. The van der Waals surface area contributed by atoms with Crippen molar-refractivity contribution in [2.45, 2.75) is 39.3 Å². The summed E-state index contributed by atoms with van der Waals surface area (Å²) in [6, 6.07) is 7.71. The molecule has 0 saturated carbocycles. The smallest absolute Gasteiger partial charge is 0.0372 e. The van der Waals surface area contributed by atoms with Crippen molar-refractivity contribution in [3.8, 4) is 0 Å². The van der Waals surface area contributed by atoms with Gasteiger partial charge < -0.3 is 10.6 Å². The van der Waals surface area contributed by atoms with Crippen LogP contribution in [-0.4, -0.2) is 30.1 Å². The molecular weight excluding hydrogens is 240 g/mol. The molecule has 0 amide bonds. The molecule has 100 valence electrons. The third kappa shape index (κ3) is 3.21. The van der Waals surface area contributed by atoms with Crippen LogP contribution in [0.25, 0.3) is 0 Å². The van der Waals surface area contributed by atoms with Gasteiger partial charge in [0.25, 0.3) is 0 Å². The van der Waals surface area contributed by atoms with Crippen LogP contribution in [0.2, 0.25) is 0 Å². The molecule has 1 heterocycles. The van der Waals surface area contributed by atoms with Crippen LogP contribution in [0.3, 0.4) is 0 Å². The van der Waals surface area contributed by atoms with Crippen LogP contribution in [0.1, 0.15) is 25.0 Å². The van der Waals surface area contributed by atoms with Gasteiger partial charge in [-0.1, -0.05) is 6.07 Å². The van der Waals surface area contributed by atoms with Crippen molar-refractivity contribution in [2.24, 2.45) is 5.73 Å². The minimum Gasteiger partial charge on any atom is -0.367 e. The molecule has 3 heteroatoms. The number of rotatable bonds is 3. The standard InChI is InChI=1S/C15H24N2S/c1-11-8-15(5-4-14(11)9-12(2)16)17-6-7-18-10-13(17)3/h4-5,8,12-13H,6-7,9-10,16H2,1-3H3. The highest BCUT2D eigenvalue weighted by molar-refractivity contribution is 7.99. The Morgan fingerprint density at radius 2 is 2.28 bits per heavy atom. The number of anilines is 1. The molecule has 2 rings (SSSR count). The number of hydrogen-bond donors (Lipinski definition) is 1. The van der Waals surface area contributed by atoms with Crippen LogP contribution in [0.4, 0.5) is 5.69 Å². The molecule has 2 nitrogen and oxygen atoms in total. The minimum absolute atomic E-state index is 0.236. The number of hydrogen-bond acceptors (Lipinski definition) is 3. The van der Waals surface area contributed by atoms with Crippen molar-refractivity contribution >= 4 is 17.4 Å². The summed E-state index contributed by atoms with van der Waals surface area (Å²) in [5, 5.41) is 0. The van der Waals surface area contributed by atoms with Crippen molar-refractivity contribution in [3.05, 3.63) is 29.3 Å². The van der Waals surface area contributed by atoms with E-state index >= 15 is 0 Å². The molecule has 0 aliphatic carbocycles. The Balaban J connectivity index is 2.17. The van der Waals surface area contributed by atoms with Crippen molar-refractivity contribution in [3.63, 3.8) is 0 Å². The highest BCUT2D eigenvalue weighted by Crippen LogP contribution is 2.26. The van der Waals surface area contributed by atoms with Crippen molar-refractivity contribution in [2.75, 3.05) is 23.0 Å². The van der Waals surface area contributed by atoms with Gasteiger partial charge in [0.15, 0.2) is 0 Å². The first-order chi connectivity index (χ1) is 8.58. The molecular formula is C15H24N2S. The molecule has 2 N–H and O–H groups in total. The second kappa shape index (κ2) is 5.98. The van der Waals surface area contributed by atoms with Gasteiger partial charge in [-0.05, 0) is 50.5 Å². The Kier molecular flexibility index (Phi) is 4.57. The maximum atomic E-state index is 5.88. The van der Waals surface area contributed by atoms with E-state index in [0.717, 1.165) is 13.0 Å². The monoisotopic (exact) mass is 264 g/mol. The first-order valence-electron chi connectivity index (χ1n) is 6.77. The molecule has 0 radical (unpaired) electrons. The van der Waals surface area contributed by atoms with Crippen molar-refractivity contribution in [1.29, 1.82) is 0 Å². The van der Waals surface area contributed by atoms with Crippen LogP contribution in [-0.2, 0) is 6.42 Å². The van der Waals surface area contributed by atoms with Gasteiger partial charge in [-0.25, -0.2) is 0 Å².